The molecule has 29 heavy (non-hydrogen) atoms. The topological polar surface area (TPSA) is 88.1 Å². The summed E-state index contributed by atoms with van der Waals surface area (Å²) in [5, 5.41) is 3.16. The van der Waals surface area contributed by atoms with Gasteiger partial charge in [0.05, 0.1) is 12.0 Å². The number of hydrogen-bond donors (Lipinski definition) is 1. The number of nitrogens with zero attached hydrogens (tertiary/aromatic N) is 2. The highest BCUT2D eigenvalue weighted by atomic mass is 35.5. The van der Waals surface area contributed by atoms with Crippen LogP contribution in [0.25, 0.3) is 0 Å². The fourth-order valence-electron chi connectivity index (χ4n) is 3.14. The number of rotatable bonds is 4. The van der Waals surface area contributed by atoms with Gasteiger partial charge < -0.3 is 10.1 Å². The second-order valence-corrected chi connectivity index (χ2v) is 8.44. The predicted molar refractivity (Wildman–Crippen MR) is 108 cm³/mol. The quantitative estimate of drug-likeness (QED) is 0.596. The van der Waals surface area contributed by atoms with Crippen LogP contribution < -0.4 is 5.32 Å². The van der Waals surface area contributed by atoms with Crippen LogP contribution in [0.5, 0.6) is 0 Å². The van der Waals surface area contributed by atoms with E-state index in [1.54, 1.807) is 18.2 Å². The molecule has 148 valence electrons. The van der Waals surface area contributed by atoms with Crippen LogP contribution >= 0.6 is 11.6 Å². The van der Waals surface area contributed by atoms with Crippen LogP contribution in [0.15, 0.2) is 93.1 Å². The van der Waals surface area contributed by atoms with Gasteiger partial charge in [0.2, 0.25) is 0 Å². The predicted octanol–water partition coefficient (Wildman–Crippen LogP) is 2.57. The van der Waals surface area contributed by atoms with Crippen molar-refractivity contribution in [3.63, 3.8) is 0 Å². The molecule has 2 aliphatic rings. The van der Waals surface area contributed by atoms with Gasteiger partial charge in [-0.05, 0) is 18.2 Å². The molecular weight excluding hydrogens is 414 g/mol. The molecule has 9 heteroatoms. The molecule has 0 amide bonds. The standard InChI is InChI=1S/C20H16ClN3O4S/c1-28-20(25)16-12-15-17(21)22-18(13-8-4-2-5-9-13)23-19(15)24(16)29(26,27)14-10-6-3-7-11-14/h2-12,19H,1H3,(H,22,23). The van der Waals surface area contributed by atoms with Gasteiger partial charge in [0.25, 0.3) is 10.0 Å². The number of aliphatic imine (C=N–C) groups is 1. The summed E-state index contributed by atoms with van der Waals surface area (Å²) < 4.78 is 32.5. The van der Waals surface area contributed by atoms with Crippen LogP contribution in [0.2, 0.25) is 0 Å². The molecule has 0 aromatic heterocycles. The summed E-state index contributed by atoms with van der Waals surface area (Å²) in [7, 11) is -2.92. The van der Waals surface area contributed by atoms with E-state index in [1.807, 2.05) is 30.3 Å². The Bertz CT molecular complexity index is 1160. The fraction of sp³-hybridized carbons (Fsp3) is 0.100. The van der Waals surface area contributed by atoms with Gasteiger partial charge in [0.1, 0.15) is 16.7 Å². The van der Waals surface area contributed by atoms with E-state index in [9.17, 15) is 13.2 Å². The molecule has 2 heterocycles. The van der Waals surface area contributed by atoms with Gasteiger partial charge in [-0.3, -0.25) is 0 Å². The third kappa shape index (κ3) is 3.30. The number of carbonyl (C=O) groups is 1. The van der Waals surface area contributed by atoms with E-state index in [1.165, 1.54) is 25.3 Å². The van der Waals surface area contributed by atoms with Crippen molar-refractivity contribution in [2.45, 2.75) is 11.1 Å². The molecule has 4 rings (SSSR count). The maximum atomic E-state index is 13.4. The lowest BCUT2D eigenvalue weighted by Crippen LogP contribution is -2.42. The summed E-state index contributed by atoms with van der Waals surface area (Å²) in [5.74, 6) is -0.399. The van der Waals surface area contributed by atoms with Crippen LogP contribution in [0.3, 0.4) is 0 Å². The van der Waals surface area contributed by atoms with Crippen molar-refractivity contribution in [2.24, 2.45) is 4.99 Å². The summed E-state index contributed by atoms with van der Waals surface area (Å²) in [6.07, 6.45) is 0.357. The van der Waals surface area contributed by atoms with E-state index < -0.39 is 22.2 Å². The molecule has 1 atom stereocenters. The number of sulfonamides is 1. The zero-order valence-electron chi connectivity index (χ0n) is 15.2. The first kappa shape index (κ1) is 19.2. The summed E-state index contributed by atoms with van der Waals surface area (Å²) >= 11 is 6.41. The first-order valence-corrected chi connectivity index (χ1v) is 10.4. The van der Waals surface area contributed by atoms with Gasteiger partial charge >= 0.3 is 5.97 Å². The molecule has 0 fully saturated rings. The van der Waals surface area contributed by atoms with E-state index in [0.29, 0.717) is 11.4 Å². The first-order valence-electron chi connectivity index (χ1n) is 8.63. The first-order chi connectivity index (χ1) is 13.9. The molecule has 0 spiro atoms. The third-order valence-electron chi connectivity index (χ3n) is 4.50. The Morgan fingerprint density at radius 2 is 1.72 bits per heavy atom. The van der Waals surface area contributed by atoms with E-state index in [0.717, 1.165) is 9.87 Å². The van der Waals surface area contributed by atoms with E-state index >= 15 is 0 Å². The molecule has 0 aliphatic carbocycles. The number of nitrogens with one attached hydrogen (secondary N) is 1. The van der Waals surface area contributed by atoms with Crippen LogP contribution in [-0.2, 0) is 19.6 Å². The Kier molecular flexibility index (Phi) is 4.89. The summed E-state index contributed by atoms with van der Waals surface area (Å²) in [5.41, 5.74) is 0.939. The lowest BCUT2D eigenvalue weighted by Gasteiger charge is -2.29. The Morgan fingerprint density at radius 1 is 1.10 bits per heavy atom. The minimum absolute atomic E-state index is 0.0298. The van der Waals surface area contributed by atoms with Gasteiger partial charge in [0, 0.05) is 11.1 Å². The zero-order chi connectivity index (χ0) is 20.6. The number of fused-ring (bicyclic) bond motifs is 1. The maximum absolute atomic E-state index is 13.4. The van der Waals surface area contributed by atoms with Crippen molar-refractivity contribution < 1.29 is 17.9 Å². The van der Waals surface area contributed by atoms with E-state index in [2.05, 4.69) is 10.3 Å². The lowest BCUT2D eigenvalue weighted by atomic mass is 10.1. The number of ether oxygens (including phenoxy) is 1. The SMILES string of the molecule is COC(=O)C1=CC2=C(Cl)NC(c3ccccc3)=NC2N1S(=O)(=O)c1ccccc1. The smallest absolute Gasteiger partial charge is 0.355 e. The number of methoxy groups -OCH3 is 1. The number of esters is 1. The lowest BCUT2D eigenvalue weighted by molar-refractivity contribution is -0.137. The molecule has 0 saturated heterocycles. The van der Waals surface area contributed by atoms with Crippen molar-refractivity contribution in [2.75, 3.05) is 7.11 Å². The molecule has 2 aromatic rings. The Balaban J connectivity index is 1.87. The molecule has 1 unspecified atom stereocenters. The molecule has 2 aliphatic heterocycles. The number of amidine groups is 1. The molecule has 1 N–H and O–H groups in total. The maximum Gasteiger partial charge on any atom is 0.355 e. The van der Waals surface area contributed by atoms with Crippen molar-refractivity contribution >= 4 is 33.4 Å². The van der Waals surface area contributed by atoms with Crippen molar-refractivity contribution in [3.05, 3.63) is 88.7 Å². The van der Waals surface area contributed by atoms with E-state index in [-0.39, 0.29) is 15.7 Å². The van der Waals surface area contributed by atoms with Crippen LogP contribution in [0, 0.1) is 0 Å². The van der Waals surface area contributed by atoms with Gasteiger partial charge in [-0.25, -0.2) is 22.5 Å². The minimum atomic E-state index is -4.11. The highest BCUT2D eigenvalue weighted by Crippen LogP contribution is 2.38. The molecule has 2 aromatic carbocycles. The van der Waals surface area contributed by atoms with Gasteiger partial charge in [0.15, 0.2) is 6.17 Å². The minimum Gasteiger partial charge on any atom is -0.464 e. The summed E-state index contributed by atoms with van der Waals surface area (Å²) in [4.78, 5) is 17.0. The summed E-state index contributed by atoms with van der Waals surface area (Å²) in [6, 6.07) is 17.0. The second-order valence-electron chi connectivity index (χ2n) is 6.25. The van der Waals surface area contributed by atoms with Gasteiger partial charge in [-0.1, -0.05) is 60.1 Å². The third-order valence-corrected chi connectivity index (χ3v) is 6.60. The average Bonchev–Trinajstić information content (AvgIpc) is 3.15. The number of benzene rings is 2. The zero-order valence-corrected chi connectivity index (χ0v) is 16.8. The highest BCUT2D eigenvalue weighted by Gasteiger charge is 2.45. The van der Waals surface area contributed by atoms with Crippen LogP contribution in [0.4, 0.5) is 0 Å². The van der Waals surface area contributed by atoms with Crippen molar-refractivity contribution in [1.82, 2.24) is 9.62 Å². The second kappa shape index (κ2) is 7.38. The van der Waals surface area contributed by atoms with E-state index in [4.69, 9.17) is 16.3 Å². The Hall–Kier alpha value is -3.10. The number of hydrogen-bond acceptors (Lipinski definition) is 6. The monoisotopic (exact) mass is 429 g/mol. The molecule has 0 radical (unpaired) electrons. The van der Waals surface area contributed by atoms with Crippen LogP contribution in [0.1, 0.15) is 5.56 Å². The van der Waals surface area contributed by atoms with Crippen molar-refractivity contribution in [3.8, 4) is 0 Å². The van der Waals surface area contributed by atoms with Gasteiger partial charge in [-0.15, -0.1) is 0 Å². The van der Waals surface area contributed by atoms with Gasteiger partial charge in [-0.2, -0.15) is 0 Å². The Labute approximate surface area is 173 Å². The molecule has 7 nitrogen and oxygen atoms in total. The number of halogens is 1. The average molecular weight is 430 g/mol. The molecular formula is C20H16ClN3O4S. The highest BCUT2D eigenvalue weighted by molar-refractivity contribution is 7.89. The summed E-state index contributed by atoms with van der Waals surface area (Å²) in [6.45, 7) is 0. The molecule has 0 saturated carbocycles. The largest absolute Gasteiger partial charge is 0.464 e. The normalized spacial score (nSPS) is 18.6. The fourth-order valence-corrected chi connectivity index (χ4v) is 4.92. The van der Waals surface area contributed by atoms with Crippen LogP contribution in [-0.4, -0.2) is 37.8 Å². The Morgan fingerprint density at radius 3 is 2.34 bits per heavy atom. The molecule has 0 bridgehead atoms. The number of carbonyl (C=O) groups excluding carboxylic acids is 1. The van der Waals surface area contributed by atoms with Crippen molar-refractivity contribution in [1.29, 1.82) is 0 Å².